The van der Waals surface area contributed by atoms with Crippen molar-refractivity contribution in [3.05, 3.63) is 36.7 Å². The molecule has 0 atom stereocenters. The largest absolute Gasteiger partial charge is 0.503 e. The van der Waals surface area contributed by atoms with Gasteiger partial charge in [-0.3, -0.25) is 0 Å². The Kier molecular flexibility index (Phi) is 2.37. The first-order valence-corrected chi connectivity index (χ1v) is 4.23. The van der Waals surface area contributed by atoms with Gasteiger partial charge in [0.05, 0.1) is 0 Å². The highest BCUT2D eigenvalue weighted by atomic mass is 16.5. The van der Waals surface area contributed by atoms with Crippen molar-refractivity contribution < 1.29 is 14.9 Å². The highest BCUT2D eigenvalue weighted by Gasteiger charge is 2.08. The van der Waals surface area contributed by atoms with Gasteiger partial charge in [0.1, 0.15) is 0 Å². The Labute approximate surface area is 85.6 Å². The molecule has 2 N–H and O–H groups in total. The van der Waals surface area contributed by atoms with Crippen molar-refractivity contribution in [1.29, 1.82) is 0 Å². The molecule has 2 aromatic heterocycles. The van der Waals surface area contributed by atoms with Crippen molar-refractivity contribution in [1.82, 2.24) is 9.97 Å². The van der Waals surface area contributed by atoms with E-state index in [-0.39, 0.29) is 23.3 Å². The van der Waals surface area contributed by atoms with Gasteiger partial charge in [-0.25, -0.2) is 9.97 Å². The molecule has 5 heteroatoms. The number of aromatic hydroxyl groups is 2. The van der Waals surface area contributed by atoms with Gasteiger partial charge in [0, 0.05) is 12.4 Å². The van der Waals surface area contributed by atoms with Gasteiger partial charge in [-0.2, -0.15) is 0 Å². The first-order chi connectivity index (χ1) is 7.27. The molecule has 0 bridgehead atoms. The van der Waals surface area contributed by atoms with Crippen LogP contribution in [0.4, 0.5) is 0 Å². The molecule has 2 aromatic rings. The van der Waals surface area contributed by atoms with Crippen molar-refractivity contribution in [3.8, 4) is 23.3 Å². The predicted molar refractivity (Wildman–Crippen MR) is 51.9 cm³/mol. The van der Waals surface area contributed by atoms with Crippen LogP contribution in [0.1, 0.15) is 0 Å². The second kappa shape index (κ2) is 3.83. The summed E-state index contributed by atoms with van der Waals surface area (Å²) in [4.78, 5) is 7.58. The van der Waals surface area contributed by atoms with E-state index in [0.717, 1.165) is 0 Å². The molecule has 0 amide bonds. The van der Waals surface area contributed by atoms with E-state index in [1.165, 1.54) is 24.5 Å². The van der Waals surface area contributed by atoms with E-state index in [1.807, 2.05) is 0 Å². The number of hydrogen-bond donors (Lipinski definition) is 2. The smallest absolute Gasteiger partial charge is 0.263 e. The topological polar surface area (TPSA) is 75.5 Å². The van der Waals surface area contributed by atoms with Gasteiger partial charge in [0.25, 0.3) is 11.8 Å². The van der Waals surface area contributed by atoms with Crippen molar-refractivity contribution >= 4 is 0 Å². The summed E-state index contributed by atoms with van der Waals surface area (Å²) in [5.74, 6) is -0.205. The lowest BCUT2D eigenvalue weighted by Crippen LogP contribution is -1.90. The Balaban J connectivity index is 2.30. The predicted octanol–water partition coefficient (Wildman–Crippen LogP) is 1.68. The monoisotopic (exact) mass is 204 g/mol. The van der Waals surface area contributed by atoms with E-state index in [0.29, 0.717) is 0 Å². The molecule has 0 aliphatic heterocycles. The summed E-state index contributed by atoms with van der Waals surface area (Å²) in [5, 5.41) is 18.7. The first kappa shape index (κ1) is 9.26. The summed E-state index contributed by atoms with van der Waals surface area (Å²) in [6.45, 7) is 0. The van der Waals surface area contributed by atoms with Crippen molar-refractivity contribution in [2.75, 3.05) is 0 Å². The Bertz CT molecular complexity index is 430. The third-order valence-corrected chi connectivity index (χ3v) is 1.70. The van der Waals surface area contributed by atoms with Gasteiger partial charge in [-0.05, 0) is 24.3 Å². The van der Waals surface area contributed by atoms with Gasteiger partial charge in [0.2, 0.25) is 0 Å². The lowest BCUT2D eigenvalue weighted by molar-refractivity contribution is 0.363. The number of nitrogens with zero attached hydrogens (tertiary/aromatic N) is 2. The highest BCUT2D eigenvalue weighted by molar-refractivity contribution is 5.38. The molecule has 0 saturated carbocycles. The number of ether oxygens (including phenoxy) is 1. The molecule has 0 aromatic carbocycles. The van der Waals surface area contributed by atoms with Crippen LogP contribution in [-0.4, -0.2) is 20.2 Å². The van der Waals surface area contributed by atoms with E-state index in [1.54, 1.807) is 12.1 Å². The zero-order valence-electron chi connectivity index (χ0n) is 7.66. The second-order valence-electron chi connectivity index (χ2n) is 2.76. The number of aromatic nitrogens is 2. The fourth-order valence-electron chi connectivity index (χ4n) is 1.01. The zero-order chi connectivity index (χ0) is 10.7. The Morgan fingerprint density at radius 1 is 0.867 bits per heavy atom. The minimum absolute atomic E-state index is 0.00602. The quantitative estimate of drug-likeness (QED) is 0.778. The third-order valence-electron chi connectivity index (χ3n) is 1.70. The molecule has 2 heterocycles. The van der Waals surface area contributed by atoms with Crippen molar-refractivity contribution in [2.24, 2.45) is 0 Å². The SMILES string of the molecule is Oc1cccnc1Oc1ncccc1O. The molecule has 0 radical (unpaired) electrons. The molecule has 0 saturated heterocycles. The van der Waals surface area contributed by atoms with Crippen molar-refractivity contribution in [2.45, 2.75) is 0 Å². The van der Waals surface area contributed by atoms with Crippen LogP contribution < -0.4 is 4.74 Å². The van der Waals surface area contributed by atoms with E-state index < -0.39 is 0 Å². The average molecular weight is 204 g/mol. The van der Waals surface area contributed by atoms with E-state index in [2.05, 4.69) is 9.97 Å². The maximum atomic E-state index is 9.37. The van der Waals surface area contributed by atoms with Gasteiger partial charge >= 0.3 is 0 Å². The Morgan fingerprint density at radius 3 is 1.73 bits per heavy atom. The van der Waals surface area contributed by atoms with E-state index >= 15 is 0 Å². The molecule has 2 rings (SSSR count). The summed E-state index contributed by atoms with van der Waals surface area (Å²) >= 11 is 0. The summed E-state index contributed by atoms with van der Waals surface area (Å²) in [6, 6.07) is 6.01. The van der Waals surface area contributed by atoms with Crippen molar-refractivity contribution in [3.63, 3.8) is 0 Å². The molecule has 0 spiro atoms. The minimum Gasteiger partial charge on any atom is -0.503 e. The fraction of sp³-hybridized carbons (Fsp3) is 0. The molecule has 0 unspecified atom stereocenters. The average Bonchev–Trinajstić information content (AvgIpc) is 2.24. The summed E-state index contributed by atoms with van der Waals surface area (Å²) in [5.41, 5.74) is 0. The van der Waals surface area contributed by atoms with Gasteiger partial charge in [0.15, 0.2) is 11.5 Å². The van der Waals surface area contributed by atoms with Crippen LogP contribution in [0.2, 0.25) is 0 Å². The van der Waals surface area contributed by atoms with E-state index in [4.69, 9.17) is 4.74 Å². The van der Waals surface area contributed by atoms with Crippen LogP contribution in [0.25, 0.3) is 0 Å². The molecule has 0 aliphatic rings. The molecule has 76 valence electrons. The number of hydrogen-bond acceptors (Lipinski definition) is 5. The number of rotatable bonds is 2. The molecule has 0 fully saturated rings. The molecule has 5 nitrogen and oxygen atoms in total. The lowest BCUT2D eigenvalue weighted by Gasteiger charge is -2.05. The van der Waals surface area contributed by atoms with Crippen LogP contribution in [-0.2, 0) is 0 Å². The van der Waals surface area contributed by atoms with Gasteiger partial charge in [-0.15, -0.1) is 0 Å². The minimum atomic E-state index is -0.109. The van der Waals surface area contributed by atoms with Gasteiger partial charge < -0.3 is 14.9 Å². The van der Waals surface area contributed by atoms with Crippen LogP contribution >= 0.6 is 0 Å². The third kappa shape index (κ3) is 1.96. The Morgan fingerprint density at radius 2 is 1.33 bits per heavy atom. The maximum absolute atomic E-state index is 9.37. The summed E-state index contributed by atoms with van der Waals surface area (Å²) in [7, 11) is 0. The molecule has 0 aliphatic carbocycles. The Hall–Kier alpha value is -2.30. The summed E-state index contributed by atoms with van der Waals surface area (Å²) in [6.07, 6.45) is 2.93. The molecule has 15 heavy (non-hydrogen) atoms. The van der Waals surface area contributed by atoms with Crippen LogP contribution in [0.15, 0.2) is 36.7 Å². The van der Waals surface area contributed by atoms with Crippen LogP contribution in [0, 0.1) is 0 Å². The highest BCUT2D eigenvalue weighted by Crippen LogP contribution is 2.30. The zero-order valence-corrected chi connectivity index (χ0v) is 7.66. The normalized spacial score (nSPS) is 9.87. The van der Waals surface area contributed by atoms with Crippen LogP contribution in [0.3, 0.4) is 0 Å². The lowest BCUT2D eigenvalue weighted by atomic mass is 10.4. The summed E-state index contributed by atoms with van der Waals surface area (Å²) < 4.78 is 5.12. The van der Waals surface area contributed by atoms with Gasteiger partial charge in [-0.1, -0.05) is 0 Å². The van der Waals surface area contributed by atoms with Crippen LogP contribution in [0.5, 0.6) is 23.3 Å². The fourth-order valence-corrected chi connectivity index (χ4v) is 1.01. The standard InChI is InChI=1S/C10H8N2O3/c13-7-3-1-5-11-9(7)15-10-8(14)4-2-6-12-10/h1-6,13-14H. The van der Waals surface area contributed by atoms with E-state index in [9.17, 15) is 10.2 Å². The molecular formula is C10H8N2O3. The first-order valence-electron chi connectivity index (χ1n) is 4.23. The second-order valence-corrected chi connectivity index (χ2v) is 2.76. The number of pyridine rings is 2. The molecular weight excluding hydrogens is 196 g/mol. The maximum Gasteiger partial charge on any atom is 0.263 e.